The van der Waals surface area contributed by atoms with E-state index in [1.54, 1.807) is 36.4 Å². The molecule has 0 radical (unpaired) electrons. The fourth-order valence-electron chi connectivity index (χ4n) is 4.07. The van der Waals surface area contributed by atoms with E-state index in [4.69, 9.17) is 5.73 Å². The normalized spacial score (nSPS) is 19.1. The number of amidine groups is 2. The number of urea groups is 1. The van der Waals surface area contributed by atoms with Crippen molar-refractivity contribution in [2.75, 3.05) is 5.32 Å². The number of para-hydroxylation sites is 1. The quantitative estimate of drug-likeness (QED) is 0.276. The third-order valence-electron chi connectivity index (χ3n) is 6.11. The van der Waals surface area contributed by atoms with Crippen LogP contribution in [0, 0.1) is 0 Å². The first kappa shape index (κ1) is 33.6. The molecule has 5 rings (SSSR count). The molecular formula is C29H23F6N5O3S2. The number of aliphatic imine (C=N–C) groups is 2. The van der Waals surface area contributed by atoms with Crippen molar-refractivity contribution in [3.8, 4) is 0 Å². The molecule has 1 fully saturated rings. The minimum absolute atomic E-state index is 0.0970. The summed E-state index contributed by atoms with van der Waals surface area (Å²) in [6.45, 7) is 0. The number of amides is 4. The number of nitrogens with two attached hydrogens (primary N) is 1. The lowest BCUT2D eigenvalue weighted by Gasteiger charge is -2.10. The zero-order valence-corrected chi connectivity index (χ0v) is 24.5. The molecule has 2 aliphatic heterocycles. The van der Waals surface area contributed by atoms with Gasteiger partial charge in [0.1, 0.15) is 0 Å². The number of hydrogen-bond acceptors (Lipinski definition) is 6. The van der Waals surface area contributed by atoms with Gasteiger partial charge in [0, 0.05) is 5.69 Å². The van der Waals surface area contributed by atoms with E-state index in [1.165, 1.54) is 18.2 Å². The van der Waals surface area contributed by atoms with Crippen LogP contribution >= 0.6 is 23.5 Å². The van der Waals surface area contributed by atoms with Crippen LogP contribution in [0.2, 0.25) is 0 Å². The molecule has 45 heavy (non-hydrogen) atoms. The molecule has 2 aliphatic rings. The van der Waals surface area contributed by atoms with Crippen LogP contribution in [0.3, 0.4) is 0 Å². The predicted molar refractivity (Wildman–Crippen MR) is 161 cm³/mol. The van der Waals surface area contributed by atoms with Gasteiger partial charge in [-0.15, -0.1) is 0 Å². The number of anilines is 1. The van der Waals surface area contributed by atoms with Gasteiger partial charge in [-0.1, -0.05) is 78.1 Å². The van der Waals surface area contributed by atoms with Gasteiger partial charge in [0.25, 0.3) is 5.91 Å². The lowest BCUT2D eigenvalue weighted by Crippen LogP contribution is -2.26. The summed E-state index contributed by atoms with van der Waals surface area (Å²) in [5.74, 6) is -0.793. The zero-order chi connectivity index (χ0) is 32.8. The van der Waals surface area contributed by atoms with Gasteiger partial charge in [-0.25, -0.2) is 4.79 Å². The highest BCUT2D eigenvalue weighted by atomic mass is 32.2. The molecule has 2 unspecified atom stereocenters. The number of nitrogens with one attached hydrogen (secondary N) is 2. The number of halogens is 6. The highest BCUT2D eigenvalue weighted by Gasteiger charge is 2.34. The minimum atomic E-state index is -4.44. The van der Waals surface area contributed by atoms with E-state index in [1.807, 2.05) is 0 Å². The summed E-state index contributed by atoms with van der Waals surface area (Å²) in [7, 11) is 0. The molecule has 16 heteroatoms. The fourth-order valence-corrected chi connectivity index (χ4v) is 5.94. The van der Waals surface area contributed by atoms with E-state index >= 15 is 0 Å². The van der Waals surface area contributed by atoms with Crippen LogP contribution in [0.5, 0.6) is 0 Å². The second-order valence-corrected chi connectivity index (χ2v) is 11.9. The standard InChI is InChI=1S/C18H14F3N3O2S.C11H9F3N2OS/c19-18(20,21)12-6-4-5-11(9-12)10-14-15(25)23-17(27-14)24-16(26)22-13-7-2-1-3-8-13;12-11(13,14)7-3-1-2-6(4-7)5-8-9(17)16-10(15)18-8/h1-9,14H,10H2,(H2,22,23,24,25,26);1-4,8H,5H2,(H2,15,16,17). The zero-order valence-electron chi connectivity index (χ0n) is 22.9. The minimum Gasteiger partial charge on any atom is -0.378 e. The number of alkyl halides is 6. The Bertz CT molecular complexity index is 1630. The molecule has 3 aromatic carbocycles. The van der Waals surface area contributed by atoms with Gasteiger partial charge in [0.2, 0.25) is 5.91 Å². The van der Waals surface area contributed by atoms with E-state index in [0.717, 1.165) is 47.8 Å². The Kier molecular flexibility index (Phi) is 10.6. The largest absolute Gasteiger partial charge is 0.416 e. The maximum atomic E-state index is 12.8. The summed E-state index contributed by atoms with van der Waals surface area (Å²) in [6.07, 6.45) is -8.53. The number of carbonyl (C=O) groups excluding carboxylic acids is 3. The van der Waals surface area contributed by atoms with E-state index < -0.39 is 51.8 Å². The third-order valence-corrected chi connectivity index (χ3v) is 8.18. The van der Waals surface area contributed by atoms with Gasteiger partial charge >= 0.3 is 18.4 Å². The Balaban J connectivity index is 0.000000222. The van der Waals surface area contributed by atoms with Gasteiger partial charge in [-0.2, -0.15) is 36.3 Å². The fraction of sp³-hybridized carbons (Fsp3) is 0.207. The number of carbonyl (C=O) groups is 3. The van der Waals surface area contributed by atoms with Gasteiger partial charge in [-0.3, -0.25) is 9.59 Å². The van der Waals surface area contributed by atoms with Crippen LogP contribution in [-0.4, -0.2) is 38.7 Å². The summed E-state index contributed by atoms with van der Waals surface area (Å²) in [5.41, 5.74) is 5.28. The number of nitrogens with zero attached hydrogens (tertiary/aromatic N) is 2. The molecule has 0 bridgehead atoms. The summed E-state index contributed by atoms with van der Waals surface area (Å²) in [6, 6.07) is 17.8. The summed E-state index contributed by atoms with van der Waals surface area (Å²) < 4.78 is 75.9. The monoisotopic (exact) mass is 667 g/mol. The average Bonchev–Trinajstić information content (AvgIpc) is 3.47. The molecule has 4 amide bonds. The molecule has 4 N–H and O–H groups in total. The van der Waals surface area contributed by atoms with E-state index in [0.29, 0.717) is 16.8 Å². The van der Waals surface area contributed by atoms with E-state index in [2.05, 4.69) is 20.6 Å². The van der Waals surface area contributed by atoms with E-state index in [-0.39, 0.29) is 23.2 Å². The van der Waals surface area contributed by atoms with Crippen molar-refractivity contribution in [2.24, 2.45) is 15.7 Å². The molecule has 0 spiro atoms. The highest BCUT2D eigenvalue weighted by Crippen LogP contribution is 2.32. The van der Waals surface area contributed by atoms with Crippen molar-refractivity contribution < 1.29 is 40.7 Å². The van der Waals surface area contributed by atoms with Crippen molar-refractivity contribution in [3.63, 3.8) is 0 Å². The van der Waals surface area contributed by atoms with E-state index in [9.17, 15) is 40.7 Å². The first-order valence-electron chi connectivity index (χ1n) is 13.0. The first-order chi connectivity index (χ1) is 21.2. The smallest absolute Gasteiger partial charge is 0.378 e. The maximum Gasteiger partial charge on any atom is 0.416 e. The van der Waals surface area contributed by atoms with Crippen LogP contribution in [0.4, 0.5) is 36.8 Å². The van der Waals surface area contributed by atoms with Gasteiger partial charge < -0.3 is 16.4 Å². The van der Waals surface area contributed by atoms with Crippen LogP contribution < -0.4 is 16.4 Å². The molecule has 8 nitrogen and oxygen atoms in total. The summed E-state index contributed by atoms with van der Waals surface area (Å²) in [5, 5.41) is 4.14. The highest BCUT2D eigenvalue weighted by molar-refractivity contribution is 8.15. The molecule has 1 saturated heterocycles. The Hall–Kier alpha value is -4.31. The van der Waals surface area contributed by atoms with Gasteiger partial charge in [0.05, 0.1) is 21.6 Å². The Morgan fingerprint density at radius 2 is 1.38 bits per heavy atom. The molecule has 0 aliphatic carbocycles. The van der Waals surface area contributed by atoms with Crippen LogP contribution in [0.25, 0.3) is 0 Å². The number of hydrogen-bond donors (Lipinski definition) is 3. The van der Waals surface area contributed by atoms with Crippen LogP contribution in [0.1, 0.15) is 22.3 Å². The number of benzene rings is 3. The molecular weight excluding hydrogens is 644 g/mol. The Morgan fingerprint density at radius 3 is 1.89 bits per heavy atom. The average molecular weight is 668 g/mol. The molecule has 2 heterocycles. The second-order valence-electron chi connectivity index (χ2n) is 9.51. The maximum absolute atomic E-state index is 12.8. The predicted octanol–water partition coefficient (Wildman–Crippen LogP) is 6.27. The SMILES string of the molecule is NC1=NC(=O)C(Cc2cccc(C(F)(F)F)c2)S1.O=C(N=C1NC(=O)C(Cc2cccc(C(F)(F)F)c2)S1)Nc1ccccc1. The molecule has 3 aromatic rings. The van der Waals surface area contributed by atoms with Crippen molar-refractivity contribution in [3.05, 3.63) is 101 Å². The molecule has 2 atom stereocenters. The third kappa shape index (κ3) is 9.84. The Morgan fingerprint density at radius 1 is 0.822 bits per heavy atom. The first-order valence-corrected chi connectivity index (χ1v) is 14.7. The lowest BCUT2D eigenvalue weighted by molar-refractivity contribution is -0.138. The molecule has 0 saturated carbocycles. The topological polar surface area (TPSA) is 126 Å². The van der Waals surface area contributed by atoms with Crippen LogP contribution in [0.15, 0.2) is 88.8 Å². The Labute approximate surface area is 261 Å². The molecule has 0 aromatic heterocycles. The summed E-state index contributed by atoms with van der Waals surface area (Å²) in [4.78, 5) is 42.6. The second kappa shape index (κ2) is 14.2. The number of thioether (sulfide) groups is 2. The van der Waals surface area contributed by atoms with Gasteiger partial charge in [-0.05, 0) is 48.2 Å². The van der Waals surface area contributed by atoms with Crippen molar-refractivity contribution in [1.29, 1.82) is 0 Å². The van der Waals surface area contributed by atoms with Crippen molar-refractivity contribution in [2.45, 2.75) is 35.7 Å². The van der Waals surface area contributed by atoms with Crippen LogP contribution in [-0.2, 0) is 34.8 Å². The van der Waals surface area contributed by atoms with Crippen molar-refractivity contribution in [1.82, 2.24) is 5.32 Å². The van der Waals surface area contributed by atoms with Gasteiger partial charge in [0.15, 0.2) is 10.3 Å². The van der Waals surface area contributed by atoms with Crippen molar-refractivity contribution >= 4 is 57.4 Å². The number of rotatable bonds is 5. The lowest BCUT2D eigenvalue weighted by atomic mass is 10.1. The summed E-state index contributed by atoms with van der Waals surface area (Å²) >= 11 is 2.09. The molecule has 236 valence electrons.